The fraction of sp³-hybridized carbons (Fsp3) is 0.222. The molecule has 7 heteroatoms. The van der Waals surface area contributed by atoms with E-state index in [1.54, 1.807) is 17.8 Å². The van der Waals surface area contributed by atoms with Crippen LogP contribution in [0.3, 0.4) is 0 Å². The zero-order chi connectivity index (χ0) is 17.4. The maximum atomic E-state index is 12.8. The summed E-state index contributed by atoms with van der Waals surface area (Å²) in [4.78, 5) is 21.5. The molecule has 126 valence electrons. The number of rotatable bonds is 4. The van der Waals surface area contributed by atoms with E-state index in [1.807, 2.05) is 48.0 Å². The predicted octanol–water partition coefficient (Wildman–Crippen LogP) is 2.40. The van der Waals surface area contributed by atoms with E-state index in [0.717, 1.165) is 10.9 Å². The third-order valence-corrected chi connectivity index (χ3v) is 4.21. The Balaban J connectivity index is 1.81. The van der Waals surface area contributed by atoms with Crippen LogP contribution in [-0.4, -0.2) is 24.3 Å². The van der Waals surface area contributed by atoms with Gasteiger partial charge in [-0.25, -0.2) is 4.98 Å². The summed E-state index contributed by atoms with van der Waals surface area (Å²) in [5.74, 6) is 1.75. The first-order chi connectivity index (χ1) is 12.2. The molecule has 0 bridgehead atoms. The molecular formula is C18H17N5O2. The number of pyridine rings is 1. The van der Waals surface area contributed by atoms with Crippen molar-refractivity contribution in [3.63, 3.8) is 0 Å². The number of aromatic nitrogens is 5. The summed E-state index contributed by atoms with van der Waals surface area (Å²) in [5, 5.41) is 4.96. The molecule has 0 aliphatic heterocycles. The van der Waals surface area contributed by atoms with Crippen molar-refractivity contribution < 1.29 is 4.52 Å². The summed E-state index contributed by atoms with van der Waals surface area (Å²) < 4.78 is 8.65. The number of hydrogen-bond acceptors (Lipinski definition) is 5. The molecule has 4 rings (SSSR count). The smallest absolute Gasteiger partial charge is 0.261 e. The van der Waals surface area contributed by atoms with Gasteiger partial charge in [-0.3, -0.25) is 4.79 Å². The Morgan fingerprint density at radius 3 is 2.88 bits per heavy atom. The number of para-hydroxylation sites is 1. The van der Waals surface area contributed by atoms with Crippen LogP contribution in [0.2, 0.25) is 0 Å². The molecule has 0 aliphatic carbocycles. The molecule has 0 N–H and O–H groups in total. The first kappa shape index (κ1) is 15.3. The molecule has 0 radical (unpaired) electrons. The van der Waals surface area contributed by atoms with Crippen molar-refractivity contribution in [3.8, 4) is 11.4 Å². The van der Waals surface area contributed by atoms with Crippen LogP contribution in [0.15, 0.2) is 52.0 Å². The Morgan fingerprint density at radius 1 is 1.24 bits per heavy atom. The van der Waals surface area contributed by atoms with Gasteiger partial charge in [-0.2, -0.15) is 4.98 Å². The van der Waals surface area contributed by atoms with E-state index in [2.05, 4.69) is 15.1 Å². The zero-order valence-electron chi connectivity index (χ0n) is 14.0. The molecule has 1 aromatic carbocycles. The van der Waals surface area contributed by atoms with E-state index in [-0.39, 0.29) is 5.56 Å². The minimum atomic E-state index is -0.0893. The van der Waals surface area contributed by atoms with Gasteiger partial charge in [-0.05, 0) is 17.5 Å². The molecular weight excluding hydrogens is 318 g/mol. The van der Waals surface area contributed by atoms with Gasteiger partial charge in [0, 0.05) is 25.9 Å². The Bertz CT molecular complexity index is 1110. The fourth-order valence-electron chi connectivity index (χ4n) is 2.91. The summed E-state index contributed by atoms with van der Waals surface area (Å²) in [6, 6.07) is 9.67. The normalized spacial score (nSPS) is 11.3. The highest BCUT2D eigenvalue weighted by Crippen LogP contribution is 2.20. The second-order valence-corrected chi connectivity index (χ2v) is 5.82. The van der Waals surface area contributed by atoms with Gasteiger partial charge in [0.15, 0.2) is 5.82 Å². The molecule has 0 atom stereocenters. The highest BCUT2D eigenvalue weighted by atomic mass is 16.5. The SMILES string of the molecule is CCc1nc(Cn2ccnc2-c2cc3ccccc3n(C)c2=O)no1. The average Bonchev–Trinajstić information content (AvgIpc) is 3.28. The monoisotopic (exact) mass is 335 g/mol. The van der Waals surface area contributed by atoms with E-state index in [1.165, 1.54) is 0 Å². The van der Waals surface area contributed by atoms with Crippen LogP contribution < -0.4 is 5.56 Å². The lowest BCUT2D eigenvalue weighted by Gasteiger charge is -2.09. The van der Waals surface area contributed by atoms with Gasteiger partial charge in [-0.15, -0.1) is 0 Å². The first-order valence-corrected chi connectivity index (χ1v) is 8.09. The van der Waals surface area contributed by atoms with Crippen LogP contribution in [0.1, 0.15) is 18.6 Å². The Labute approximate surface area is 143 Å². The number of imidazole rings is 1. The highest BCUT2D eigenvalue weighted by molar-refractivity contribution is 5.83. The molecule has 0 aliphatic rings. The van der Waals surface area contributed by atoms with Crippen molar-refractivity contribution in [1.82, 2.24) is 24.3 Å². The lowest BCUT2D eigenvalue weighted by atomic mass is 10.1. The summed E-state index contributed by atoms with van der Waals surface area (Å²) in [7, 11) is 1.77. The van der Waals surface area contributed by atoms with Crippen molar-refractivity contribution >= 4 is 10.9 Å². The standard InChI is InChI=1S/C18H17N5O2/c1-3-16-20-15(21-25-16)11-23-9-8-19-17(23)13-10-12-6-4-5-7-14(12)22(2)18(13)24/h4-10H,3,11H2,1-2H3. The van der Waals surface area contributed by atoms with Crippen LogP contribution in [0.25, 0.3) is 22.3 Å². The predicted molar refractivity (Wildman–Crippen MR) is 93.2 cm³/mol. The molecule has 7 nitrogen and oxygen atoms in total. The molecule has 3 aromatic heterocycles. The average molecular weight is 335 g/mol. The van der Waals surface area contributed by atoms with Gasteiger partial charge in [0.25, 0.3) is 5.56 Å². The number of hydrogen-bond donors (Lipinski definition) is 0. The van der Waals surface area contributed by atoms with Gasteiger partial charge < -0.3 is 13.7 Å². The van der Waals surface area contributed by atoms with Crippen LogP contribution in [0.5, 0.6) is 0 Å². The van der Waals surface area contributed by atoms with Gasteiger partial charge >= 0.3 is 0 Å². The number of benzene rings is 1. The zero-order valence-corrected chi connectivity index (χ0v) is 14.0. The van der Waals surface area contributed by atoms with E-state index in [4.69, 9.17) is 4.52 Å². The van der Waals surface area contributed by atoms with Crippen LogP contribution in [0, 0.1) is 0 Å². The maximum absolute atomic E-state index is 12.8. The van der Waals surface area contributed by atoms with E-state index >= 15 is 0 Å². The van der Waals surface area contributed by atoms with Crippen LogP contribution in [-0.2, 0) is 20.0 Å². The number of fused-ring (bicyclic) bond motifs is 1. The third kappa shape index (κ3) is 2.63. The second-order valence-electron chi connectivity index (χ2n) is 5.82. The minimum absolute atomic E-state index is 0.0893. The minimum Gasteiger partial charge on any atom is -0.339 e. The highest BCUT2D eigenvalue weighted by Gasteiger charge is 2.15. The molecule has 25 heavy (non-hydrogen) atoms. The molecule has 0 unspecified atom stereocenters. The summed E-state index contributed by atoms with van der Waals surface area (Å²) >= 11 is 0. The van der Waals surface area contributed by atoms with E-state index in [9.17, 15) is 4.79 Å². The third-order valence-electron chi connectivity index (χ3n) is 4.21. The van der Waals surface area contributed by atoms with E-state index < -0.39 is 0 Å². The van der Waals surface area contributed by atoms with Crippen molar-refractivity contribution in [2.45, 2.75) is 19.9 Å². The van der Waals surface area contributed by atoms with Crippen LogP contribution in [0.4, 0.5) is 0 Å². The Kier molecular flexibility index (Phi) is 3.68. The first-order valence-electron chi connectivity index (χ1n) is 8.09. The quantitative estimate of drug-likeness (QED) is 0.572. The number of nitrogens with zero attached hydrogens (tertiary/aromatic N) is 5. The van der Waals surface area contributed by atoms with Gasteiger partial charge in [-0.1, -0.05) is 30.3 Å². The molecule has 4 aromatic rings. The fourth-order valence-corrected chi connectivity index (χ4v) is 2.91. The summed E-state index contributed by atoms with van der Waals surface area (Å²) in [5.41, 5.74) is 1.35. The molecule has 3 heterocycles. The largest absolute Gasteiger partial charge is 0.339 e. The van der Waals surface area contributed by atoms with Crippen molar-refractivity contribution in [2.24, 2.45) is 7.05 Å². The Hall–Kier alpha value is -3.22. The lowest BCUT2D eigenvalue weighted by Crippen LogP contribution is -2.20. The van der Waals surface area contributed by atoms with Crippen molar-refractivity contribution in [3.05, 3.63) is 64.8 Å². The summed E-state index contributed by atoms with van der Waals surface area (Å²) in [6.07, 6.45) is 4.17. The van der Waals surface area contributed by atoms with Crippen LogP contribution >= 0.6 is 0 Å². The van der Waals surface area contributed by atoms with Crippen molar-refractivity contribution in [2.75, 3.05) is 0 Å². The van der Waals surface area contributed by atoms with Gasteiger partial charge in [0.1, 0.15) is 5.82 Å². The molecule has 0 saturated heterocycles. The topological polar surface area (TPSA) is 78.7 Å². The molecule has 0 amide bonds. The lowest BCUT2D eigenvalue weighted by molar-refractivity contribution is 0.375. The van der Waals surface area contributed by atoms with Crippen molar-refractivity contribution in [1.29, 1.82) is 0 Å². The maximum Gasteiger partial charge on any atom is 0.261 e. The van der Waals surface area contributed by atoms with Gasteiger partial charge in [0.2, 0.25) is 5.89 Å². The second kappa shape index (κ2) is 6.01. The molecule has 0 saturated carbocycles. The van der Waals surface area contributed by atoms with Gasteiger partial charge in [0.05, 0.1) is 17.6 Å². The Morgan fingerprint density at radius 2 is 2.08 bits per heavy atom. The summed E-state index contributed by atoms with van der Waals surface area (Å²) in [6.45, 7) is 2.35. The number of aryl methyl sites for hydroxylation is 2. The molecule has 0 fully saturated rings. The van der Waals surface area contributed by atoms with E-state index in [0.29, 0.717) is 36.1 Å². The molecule has 0 spiro atoms.